The van der Waals surface area contributed by atoms with Crippen molar-refractivity contribution >= 4 is 33.4 Å². The molecule has 106 valence electrons. The van der Waals surface area contributed by atoms with Gasteiger partial charge in [-0.15, -0.1) is 11.3 Å². The molecule has 0 amide bonds. The Morgan fingerprint density at radius 2 is 2.16 bits per heavy atom. The largest absolute Gasteiger partial charge is 0.478 e. The van der Waals surface area contributed by atoms with Crippen LogP contribution in [0, 0.1) is 0 Å². The van der Waals surface area contributed by atoms with Gasteiger partial charge < -0.3 is 5.11 Å². The Kier molecular flexibility index (Phi) is 5.28. The lowest BCUT2D eigenvalue weighted by Crippen LogP contribution is -2.32. The molecule has 0 fully saturated rings. The van der Waals surface area contributed by atoms with E-state index in [1.807, 2.05) is 0 Å². The summed E-state index contributed by atoms with van der Waals surface area (Å²) in [6, 6.07) is 1.79. The van der Waals surface area contributed by atoms with Gasteiger partial charge in [0.05, 0.1) is 5.25 Å². The van der Waals surface area contributed by atoms with Crippen molar-refractivity contribution in [2.24, 2.45) is 0 Å². The van der Waals surface area contributed by atoms with Gasteiger partial charge >= 0.3 is 5.97 Å². The Hall–Kier alpha value is -1.18. The number of nitrogens with zero attached hydrogens (tertiary/aromatic N) is 1. The first-order chi connectivity index (χ1) is 8.73. The molecule has 0 spiro atoms. The van der Waals surface area contributed by atoms with Gasteiger partial charge in [0.2, 0.25) is 10.0 Å². The van der Waals surface area contributed by atoms with E-state index in [1.54, 1.807) is 32.3 Å². The molecule has 0 saturated heterocycles. The molecule has 1 rings (SSSR count). The van der Waals surface area contributed by atoms with Crippen LogP contribution >= 0.6 is 11.3 Å². The van der Waals surface area contributed by atoms with Crippen molar-refractivity contribution in [1.82, 2.24) is 4.31 Å². The van der Waals surface area contributed by atoms with Gasteiger partial charge in [0.15, 0.2) is 0 Å². The number of hydrogen-bond acceptors (Lipinski definition) is 4. The minimum absolute atomic E-state index is 0.298. The zero-order chi connectivity index (χ0) is 14.6. The molecule has 0 atom stereocenters. The highest BCUT2D eigenvalue weighted by Gasteiger charge is 2.22. The lowest BCUT2D eigenvalue weighted by molar-refractivity contribution is -0.131. The number of hydrogen-bond donors (Lipinski definition) is 1. The Morgan fingerprint density at radius 1 is 1.53 bits per heavy atom. The molecule has 19 heavy (non-hydrogen) atoms. The number of carboxylic acids is 1. The van der Waals surface area contributed by atoms with Gasteiger partial charge in [-0.2, -0.15) is 4.31 Å². The highest BCUT2D eigenvalue weighted by atomic mass is 32.2. The monoisotopic (exact) mass is 303 g/mol. The first-order valence-electron chi connectivity index (χ1n) is 5.67. The summed E-state index contributed by atoms with van der Waals surface area (Å²) in [5.41, 5.74) is 0.762. The predicted molar refractivity (Wildman–Crippen MR) is 76.5 cm³/mol. The van der Waals surface area contributed by atoms with E-state index in [9.17, 15) is 13.2 Å². The van der Waals surface area contributed by atoms with Crippen molar-refractivity contribution in [2.75, 3.05) is 7.05 Å². The lowest BCUT2D eigenvalue weighted by atomic mass is 10.3. The van der Waals surface area contributed by atoms with Crippen molar-refractivity contribution in [3.05, 3.63) is 28.0 Å². The summed E-state index contributed by atoms with van der Waals surface area (Å²) in [5, 5.41) is 9.87. The standard InChI is InChI=1S/C12H17NO4S2/c1-9(2)19(16,17)13(3)7-11-6-10(8-18-11)4-5-12(14)15/h4-6,8-9H,7H2,1-3H3,(H,14,15)/b5-4+. The summed E-state index contributed by atoms with van der Waals surface area (Å²) in [6.45, 7) is 3.58. The van der Waals surface area contributed by atoms with Crippen molar-refractivity contribution in [3.8, 4) is 0 Å². The van der Waals surface area contributed by atoms with Crippen molar-refractivity contribution in [1.29, 1.82) is 0 Å². The van der Waals surface area contributed by atoms with Crippen molar-refractivity contribution in [3.63, 3.8) is 0 Å². The number of rotatable bonds is 6. The third-order valence-electron chi connectivity index (χ3n) is 2.50. The zero-order valence-electron chi connectivity index (χ0n) is 11.0. The molecule has 1 aromatic heterocycles. The van der Waals surface area contributed by atoms with E-state index in [0.717, 1.165) is 16.5 Å². The molecule has 0 aliphatic rings. The summed E-state index contributed by atoms with van der Waals surface area (Å²) in [4.78, 5) is 11.3. The summed E-state index contributed by atoms with van der Waals surface area (Å²) in [7, 11) is -1.72. The molecule has 0 radical (unpaired) electrons. The Labute approximate surface area is 117 Å². The smallest absolute Gasteiger partial charge is 0.328 e. The van der Waals surface area contributed by atoms with E-state index in [-0.39, 0.29) is 0 Å². The number of carbonyl (C=O) groups is 1. The van der Waals surface area contributed by atoms with Gasteiger partial charge in [0.1, 0.15) is 0 Å². The molecule has 0 unspecified atom stereocenters. The fourth-order valence-electron chi connectivity index (χ4n) is 1.40. The predicted octanol–water partition coefficient (Wildman–Crippen LogP) is 2.02. The fraction of sp³-hybridized carbons (Fsp3) is 0.417. The minimum atomic E-state index is -3.26. The van der Waals surface area contributed by atoms with Crippen LogP contribution in [0.2, 0.25) is 0 Å². The van der Waals surface area contributed by atoms with E-state index in [2.05, 4.69) is 0 Å². The van der Waals surface area contributed by atoms with E-state index in [4.69, 9.17) is 5.11 Å². The van der Waals surface area contributed by atoms with Crippen LogP contribution in [0.15, 0.2) is 17.5 Å². The average molecular weight is 303 g/mol. The van der Waals surface area contributed by atoms with Gasteiger partial charge in [0.25, 0.3) is 0 Å². The topological polar surface area (TPSA) is 74.7 Å². The summed E-state index contributed by atoms with van der Waals surface area (Å²) in [5.74, 6) is -1.01. The minimum Gasteiger partial charge on any atom is -0.478 e. The van der Waals surface area contributed by atoms with Crippen LogP contribution < -0.4 is 0 Å². The van der Waals surface area contributed by atoms with Gasteiger partial charge in [-0.25, -0.2) is 13.2 Å². The van der Waals surface area contributed by atoms with E-state index >= 15 is 0 Å². The first kappa shape index (κ1) is 15.9. The highest BCUT2D eigenvalue weighted by Crippen LogP contribution is 2.19. The quantitative estimate of drug-likeness (QED) is 0.816. The number of carboxylic acid groups (broad SMARTS) is 1. The third kappa shape index (κ3) is 4.45. The van der Waals surface area contributed by atoms with E-state index < -0.39 is 21.2 Å². The normalized spacial score (nSPS) is 12.7. The Bertz CT molecular complexity index is 572. The fourth-order valence-corrected chi connectivity index (χ4v) is 3.43. The second-order valence-corrected chi connectivity index (χ2v) is 7.96. The Morgan fingerprint density at radius 3 is 2.68 bits per heavy atom. The van der Waals surface area contributed by atoms with Crippen molar-refractivity contribution in [2.45, 2.75) is 25.6 Å². The van der Waals surface area contributed by atoms with E-state index in [1.165, 1.54) is 21.7 Å². The molecule has 1 aromatic rings. The SMILES string of the molecule is CC(C)S(=O)(=O)N(C)Cc1cc(/C=C/C(=O)O)cs1. The third-order valence-corrected chi connectivity index (χ3v) is 5.63. The van der Waals surface area contributed by atoms with Crippen LogP contribution in [-0.2, 0) is 21.4 Å². The van der Waals surface area contributed by atoms with Crippen LogP contribution in [0.3, 0.4) is 0 Å². The van der Waals surface area contributed by atoms with E-state index in [0.29, 0.717) is 6.54 Å². The Balaban J connectivity index is 2.77. The molecule has 5 nitrogen and oxygen atoms in total. The van der Waals surface area contributed by atoms with Gasteiger partial charge in [0, 0.05) is 24.5 Å². The van der Waals surface area contributed by atoms with Crippen LogP contribution in [0.1, 0.15) is 24.3 Å². The molecular weight excluding hydrogens is 286 g/mol. The number of aliphatic carboxylic acids is 1. The molecule has 0 bridgehead atoms. The molecule has 1 heterocycles. The maximum atomic E-state index is 11.9. The van der Waals surface area contributed by atoms with Gasteiger partial charge in [-0.05, 0) is 36.9 Å². The van der Waals surface area contributed by atoms with Crippen LogP contribution in [-0.4, -0.2) is 36.1 Å². The van der Waals surface area contributed by atoms with Crippen LogP contribution in [0.5, 0.6) is 0 Å². The summed E-state index contributed by atoms with van der Waals surface area (Å²) in [6.07, 6.45) is 2.54. The second-order valence-electron chi connectivity index (χ2n) is 4.37. The highest BCUT2D eigenvalue weighted by molar-refractivity contribution is 7.89. The second kappa shape index (κ2) is 6.31. The summed E-state index contributed by atoms with van der Waals surface area (Å²) >= 11 is 1.41. The van der Waals surface area contributed by atoms with Crippen LogP contribution in [0.4, 0.5) is 0 Å². The molecule has 0 aromatic carbocycles. The molecule has 0 saturated carbocycles. The maximum absolute atomic E-state index is 11.9. The molecular formula is C12H17NO4S2. The molecule has 1 N–H and O–H groups in total. The summed E-state index contributed by atoms with van der Waals surface area (Å²) < 4.78 is 25.1. The van der Waals surface area contributed by atoms with Crippen molar-refractivity contribution < 1.29 is 18.3 Å². The average Bonchev–Trinajstić information content (AvgIpc) is 2.73. The number of sulfonamides is 1. The van der Waals surface area contributed by atoms with Gasteiger partial charge in [-0.3, -0.25) is 0 Å². The lowest BCUT2D eigenvalue weighted by Gasteiger charge is -2.18. The van der Waals surface area contributed by atoms with Crippen LogP contribution in [0.25, 0.3) is 6.08 Å². The molecule has 7 heteroatoms. The molecule has 0 aliphatic heterocycles. The maximum Gasteiger partial charge on any atom is 0.328 e. The first-order valence-corrected chi connectivity index (χ1v) is 8.05. The zero-order valence-corrected chi connectivity index (χ0v) is 12.7. The van der Waals surface area contributed by atoms with Gasteiger partial charge in [-0.1, -0.05) is 0 Å². The number of thiophene rings is 1. The molecule has 0 aliphatic carbocycles.